The summed E-state index contributed by atoms with van der Waals surface area (Å²) in [6.45, 7) is 6.19. The molecule has 0 radical (unpaired) electrons. The van der Waals surface area contributed by atoms with Crippen molar-refractivity contribution in [2.45, 2.75) is 26.3 Å². The van der Waals surface area contributed by atoms with E-state index in [-0.39, 0.29) is 11.1 Å². The number of aromatic amines is 1. The molecule has 4 heteroatoms. The van der Waals surface area contributed by atoms with Gasteiger partial charge in [-0.3, -0.25) is 9.48 Å². The first kappa shape index (κ1) is 11.0. The highest BCUT2D eigenvalue weighted by atomic mass is 16.1. The number of para-hydroxylation sites is 1. The fourth-order valence-electron chi connectivity index (χ4n) is 2.09. The summed E-state index contributed by atoms with van der Waals surface area (Å²) in [4.78, 5) is 14.9. The number of hydrogen-bond acceptors (Lipinski definition) is 2. The van der Waals surface area contributed by atoms with Crippen LogP contribution in [0.2, 0.25) is 0 Å². The maximum atomic E-state index is 12.0. The SMILES string of the molecule is CC(C)(C)n1cc2c(n1)c(=O)[nH]c1ccccc12. The Morgan fingerprint density at radius 1 is 1.17 bits per heavy atom. The minimum Gasteiger partial charge on any atom is -0.320 e. The van der Waals surface area contributed by atoms with Gasteiger partial charge in [0.05, 0.1) is 5.54 Å². The molecule has 18 heavy (non-hydrogen) atoms. The number of hydrogen-bond donors (Lipinski definition) is 1. The van der Waals surface area contributed by atoms with E-state index in [1.165, 1.54) is 0 Å². The minimum atomic E-state index is -0.133. The summed E-state index contributed by atoms with van der Waals surface area (Å²) >= 11 is 0. The van der Waals surface area contributed by atoms with Crippen molar-refractivity contribution in [1.29, 1.82) is 0 Å². The van der Waals surface area contributed by atoms with Gasteiger partial charge in [0.15, 0.2) is 5.52 Å². The van der Waals surface area contributed by atoms with Crippen LogP contribution in [0.15, 0.2) is 35.3 Å². The summed E-state index contributed by atoms with van der Waals surface area (Å²) in [7, 11) is 0. The van der Waals surface area contributed by atoms with Crippen molar-refractivity contribution in [3.05, 3.63) is 40.8 Å². The smallest absolute Gasteiger partial charge is 0.276 e. The van der Waals surface area contributed by atoms with Gasteiger partial charge in [-0.25, -0.2) is 0 Å². The van der Waals surface area contributed by atoms with Gasteiger partial charge >= 0.3 is 0 Å². The van der Waals surface area contributed by atoms with Crippen molar-refractivity contribution in [2.75, 3.05) is 0 Å². The largest absolute Gasteiger partial charge is 0.320 e. The molecule has 0 saturated carbocycles. The maximum absolute atomic E-state index is 12.0. The van der Waals surface area contributed by atoms with Gasteiger partial charge in [-0.15, -0.1) is 0 Å². The third-order valence-electron chi connectivity index (χ3n) is 3.08. The van der Waals surface area contributed by atoms with Crippen molar-refractivity contribution >= 4 is 21.8 Å². The molecule has 4 nitrogen and oxygen atoms in total. The lowest BCUT2D eigenvalue weighted by Gasteiger charge is -2.18. The molecule has 0 aliphatic heterocycles. The average molecular weight is 241 g/mol. The molecular formula is C14H15N3O. The van der Waals surface area contributed by atoms with Crippen LogP contribution in [0, 0.1) is 0 Å². The lowest BCUT2D eigenvalue weighted by atomic mass is 10.1. The maximum Gasteiger partial charge on any atom is 0.276 e. The van der Waals surface area contributed by atoms with E-state index in [1.54, 1.807) is 0 Å². The molecular weight excluding hydrogens is 226 g/mol. The molecule has 0 bridgehead atoms. The van der Waals surface area contributed by atoms with Crippen LogP contribution < -0.4 is 5.56 Å². The monoisotopic (exact) mass is 241 g/mol. The van der Waals surface area contributed by atoms with Crippen LogP contribution in [0.4, 0.5) is 0 Å². The van der Waals surface area contributed by atoms with Gasteiger partial charge in [0.25, 0.3) is 5.56 Å². The summed E-state index contributed by atoms with van der Waals surface area (Å²) in [5.74, 6) is 0. The zero-order chi connectivity index (χ0) is 12.9. The number of nitrogens with one attached hydrogen (secondary N) is 1. The van der Waals surface area contributed by atoms with Gasteiger partial charge in [-0.05, 0) is 26.8 Å². The first-order chi connectivity index (χ1) is 8.47. The molecule has 2 aromatic heterocycles. The molecule has 0 amide bonds. The minimum absolute atomic E-state index is 0.132. The van der Waals surface area contributed by atoms with E-state index in [9.17, 15) is 4.79 Å². The standard InChI is InChI=1S/C14H15N3O/c1-14(2,3)17-8-10-9-6-4-5-7-11(9)15-13(18)12(10)16-17/h4-8H,1-3H3,(H,15,18). The Morgan fingerprint density at radius 3 is 2.61 bits per heavy atom. The van der Waals surface area contributed by atoms with Crippen LogP contribution in [0.25, 0.3) is 21.8 Å². The molecule has 0 atom stereocenters. The van der Waals surface area contributed by atoms with Crippen LogP contribution >= 0.6 is 0 Å². The topological polar surface area (TPSA) is 50.7 Å². The van der Waals surface area contributed by atoms with E-state index in [1.807, 2.05) is 35.1 Å². The van der Waals surface area contributed by atoms with Crippen LogP contribution in [-0.4, -0.2) is 14.8 Å². The summed E-state index contributed by atoms with van der Waals surface area (Å²) in [6, 6.07) is 7.79. The number of nitrogens with zero attached hydrogens (tertiary/aromatic N) is 2. The Labute approximate surface area is 104 Å². The zero-order valence-corrected chi connectivity index (χ0v) is 10.7. The number of fused-ring (bicyclic) bond motifs is 3. The van der Waals surface area contributed by atoms with Crippen molar-refractivity contribution in [2.24, 2.45) is 0 Å². The molecule has 3 aromatic rings. The van der Waals surface area contributed by atoms with Crippen LogP contribution in [0.5, 0.6) is 0 Å². The summed E-state index contributed by atoms with van der Waals surface area (Å²) < 4.78 is 1.85. The molecule has 0 saturated heterocycles. The van der Waals surface area contributed by atoms with Gasteiger partial charge in [0.2, 0.25) is 0 Å². The third-order valence-corrected chi connectivity index (χ3v) is 3.08. The molecule has 1 N–H and O–H groups in total. The van der Waals surface area contributed by atoms with Crippen molar-refractivity contribution in [3.63, 3.8) is 0 Å². The lowest BCUT2D eigenvalue weighted by molar-refractivity contribution is 0.358. The Kier molecular flexibility index (Phi) is 2.11. The number of aromatic nitrogens is 3. The summed E-state index contributed by atoms with van der Waals surface area (Å²) in [5, 5.41) is 6.34. The predicted molar refractivity (Wildman–Crippen MR) is 72.9 cm³/mol. The lowest BCUT2D eigenvalue weighted by Crippen LogP contribution is -2.22. The number of H-pyrrole nitrogens is 1. The number of benzene rings is 1. The van der Waals surface area contributed by atoms with Crippen molar-refractivity contribution in [3.8, 4) is 0 Å². The van der Waals surface area contributed by atoms with E-state index in [2.05, 4.69) is 30.9 Å². The first-order valence-corrected chi connectivity index (χ1v) is 5.98. The van der Waals surface area contributed by atoms with Crippen LogP contribution in [0.1, 0.15) is 20.8 Å². The first-order valence-electron chi connectivity index (χ1n) is 5.98. The quantitative estimate of drug-likeness (QED) is 0.657. The Balaban J connectivity index is 2.49. The molecule has 2 heterocycles. The van der Waals surface area contributed by atoms with Crippen LogP contribution in [-0.2, 0) is 5.54 Å². The zero-order valence-electron chi connectivity index (χ0n) is 10.7. The molecule has 0 spiro atoms. The van der Waals surface area contributed by atoms with Crippen LogP contribution in [0.3, 0.4) is 0 Å². The van der Waals surface area contributed by atoms with E-state index < -0.39 is 0 Å². The molecule has 0 aliphatic rings. The second-order valence-electron chi connectivity index (χ2n) is 5.51. The number of pyridine rings is 1. The second kappa shape index (κ2) is 3.45. The predicted octanol–water partition coefficient (Wildman–Crippen LogP) is 2.63. The summed E-state index contributed by atoms with van der Waals surface area (Å²) in [5.41, 5.74) is 1.09. The van der Waals surface area contributed by atoms with Gasteiger partial charge in [-0.1, -0.05) is 18.2 Å². The fourth-order valence-corrected chi connectivity index (χ4v) is 2.09. The Morgan fingerprint density at radius 2 is 1.89 bits per heavy atom. The highest BCUT2D eigenvalue weighted by Gasteiger charge is 2.17. The molecule has 92 valence electrons. The molecule has 0 aliphatic carbocycles. The number of rotatable bonds is 0. The Bertz CT molecular complexity index is 790. The highest BCUT2D eigenvalue weighted by molar-refractivity contribution is 6.03. The van der Waals surface area contributed by atoms with E-state index in [0.717, 1.165) is 16.3 Å². The Hall–Kier alpha value is -2.10. The second-order valence-corrected chi connectivity index (χ2v) is 5.51. The third kappa shape index (κ3) is 1.53. The van der Waals surface area contributed by atoms with E-state index in [0.29, 0.717) is 5.52 Å². The molecule has 0 unspecified atom stereocenters. The normalized spacial score (nSPS) is 12.4. The fraction of sp³-hybridized carbons (Fsp3) is 0.286. The highest BCUT2D eigenvalue weighted by Crippen LogP contribution is 2.23. The average Bonchev–Trinajstić information content (AvgIpc) is 2.74. The van der Waals surface area contributed by atoms with E-state index in [4.69, 9.17) is 0 Å². The summed E-state index contributed by atoms with van der Waals surface area (Å²) in [6.07, 6.45) is 1.95. The molecule has 1 aromatic carbocycles. The van der Waals surface area contributed by atoms with E-state index >= 15 is 0 Å². The van der Waals surface area contributed by atoms with Gasteiger partial charge in [-0.2, -0.15) is 5.10 Å². The molecule has 0 fully saturated rings. The molecule has 3 rings (SSSR count). The van der Waals surface area contributed by atoms with Crippen molar-refractivity contribution in [1.82, 2.24) is 14.8 Å². The van der Waals surface area contributed by atoms with Gasteiger partial charge < -0.3 is 4.98 Å². The van der Waals surface area contributed by atoms with Gasteiger partial charge in [0.1, 0.15) is 0 Å². The van der Waals surface area contributed by atoms with Gasteiger partial charge in [0, 0.05) is 22.5 Å². The van der Waals surface area contributed by atoms with Crippen molar-refractivity contribution < 1.29 is 0 Å².